The predicted octanol–water partition coefficient (Wildman–Crippen LogP) is 2.36. The van der Waals surface area contributed by atoms with Crippen molar-refractivity contribution in [3.05, 3.63) is 29.7 Å². The van der Waals surface area contributed by atoms with E-state index in [0.717, 1.165) is 37.8 Å². The van der Waals surface area contributed by atoms with Crippen LogP contribution in [0.4, 0.5) is 0 Å². The fourth-order valence-corrected chi connectivity index (χ4v) is 4.39. The van der Waals surface area contributed by atoms with E-state index in [2.05, 4.69) is 19.9 Å². The minimum atomic E-state index is -0.368. The summed E-state index contributed by atoms with van der Waals surface area (Å²) in [5, 5.41) is 4.29. The first-order valence-corrected chi connectivity index (χ1v) is 10.2. The molecule has 1 aliphatic heterocycles. The van der Waals surface area contributed by atoms with Crippen LogP contribution in [0.2, 0.25) is 0 Å². The van der Waals surface area contributed by atoms with E-state index in [1.54, 1.807) is 11.4 Å². The molecule has 7 nitrogen and oxygen atoms in total. The Bertz CT molecular complexity index is 784. The van der Waals surface area contributed by atoms with Gasteiger partial charge in [0.25, 0.3) is 0 Å². The van der Waals surface area contributed by atoms with E-state index < -0.39 is 0 Å². The number of ether oxygens (including phenoxy) is 1. The molecule has 4 rings (SSSR count). The van der Waals surface area contributed by atoms with Crippen LogP contribution in [0.3, 0.4) is 0 Å². The van der Waals surface area contributed by atoms with E-state index in [9.17, 15) is 4.79 Å². The molecule has 0 bridgehead atoms. The van der Waals surface area contributed by atoms with Gasteiger partial charge >= 0.3 is 5.97 Å². The maximum absolute atomic E-state index is 12.0. The topological polar surface area (TPSA) is 63.0 Å². The van der Waals surface area contributed by atoms with Crippen LogP contribution in [-0.4, -0.2) is 69.2 Å². The second-order valence-electron chi connectivity index (χ2n) is 7.61. The van der Waals surface area contributed by atoms with E-state index in [-0.39, 0.29) is 5.97 Å². The largest absolute Gasteiger partial charge is 0.462 e. The Hall–Kier alpha value is -1.99. The lowest BCUT2D eigenvalue weighted by Gasteiger charge is -2.27. The number of hydrogen-bond donors (Lipinski definition) is 0. The number of aromatic nitrogens is 3. The average molecular weight is 371 g/mol. The molecule has 1 saturated carbocycles. The van der Waals surface area contributed by atoms with Crippen molar-refractivity contribution >= 4 is 11.6 Å². The molecule has 2 aromatic rings. The van der Waals surface area contributed by atoms with E-state index in [1.807, 2.05) is 12.4 Å². The monoisotopic (exact) mass is 371 g/mol. The van der Waals surface area contributed by atoms with Crippen LogP contribution >= 0.6 is 0 Å². The Kier molecular flexibility index (Phi) is 5.69. The fourth-order valence-electron chi connectivity index (χ4n) is 4.39. The van der Waals surface area contributed by atoms with Gasteiger partial charge in [-0.25, -0.2) is 14.3 Å². The number of nitrogens with zero attached hydrogens (tertiary/aromatic N) is 5. The molecule has 3 heterocycles. The van der Waals surface area contributed by atoms with Gasteiger partial charge in [0.15, 0.2) is 5.65 Å². The number of rotatable bonds is 5. The van der Waals surface area contributed by atoms with Gasteiger partial charge in [-0.1, -0.05) is 12.8 Å². The zero-order valence-electron chi connectivity index (χ0n) is 16.1. The summed E-state index contributed by atoms with van der Waals surface area (Å²) in [7, 11) is 0. The maximum atomic E-state index is 12.0. The lowest BCUT2D eigenvalue weighted by molar-refractivity contribution is 0.0528. The van der Waals surface area contributed by atoms with E-state index >= 15 is 0 Å². The number of fused-ring (bicyclic) bond motifs is 1. The van der Waals surface area contributed by atoms with Crippen LogP contribution in [0.15, 0.2) is 18.6 Å². The molecule has 0 unspecified atom stereocenters. The Morgan fingerprint density at radius 1 is 1.15 bits per heavy atom. The highest BCUT2D eigenvalue weighted by molar-refractivity contribution is 5.95. The van der Waals surface area contributed by atoms with Crippen LogP contribution in [0.1, 0.15) is 54.9 Å². The maximum Gasteiger partial charge on any atom is 0.343 e. The Morgan fingerprint density at radius 3 is 2.81 bits per heavy atom. The summed E-state index contributed by atoms with van der Waals surface area (Å²) in [6, 6.07) is 0.813. The van der Waals surface area contributed by atoms with Gasteiger partial charge in [-0.05, 0) is 39.3 Å². The standard InChI is InChI=1S/C20H29N5O2/c1-2-27-20(26)18-13-22-25-15-16(12-21-19(18)25)14-23-8-5-9-24(11-10-23)17-6-3-4-7-17/h12-13,15,17H,2-11,14H2,1H3. The van der Waals surface area contributed by atoms with Gasteiger partial charge in [0, 0.05) is 43.6 Å². The number of carbonyl (C=O) groups is 1. The zero-order chi connectivity index (χ0) is 18.6. The Labute approximate surface area is 160 Å². The van der Waals surface area contributed by atoms with E-state index in [4.69, 9.17) is 4.74 Å². The lowest BCUT2D eigenvalue weighted by Crippen LogP contribution is -2.36. The molecule has 146 valence electrons. The normalized spacial score (nSPS) is 20.2. The molecule has 0 aromatic carbocycles. The highest BCUT2D eigenvalue weighted by atomic mass is 16.5. The zero-order valence-corrected chi connectivity index (χ0v) is 16.1. The van der Waals surface area contributed by atoms with Crippen molar-refractivity contribution < 1.29 is 9.53 Å². The van der Waals surface area contributed by atoms with Gasteiger partial charge in [0.2, 0.25) is 0 Å². The lowest BCUT2D eigenvalue weighted by atomic mass is 10.2. The molecule has 7 heteroatoms. The third kappa shape index (κ3) is 4.14. The second-order valence-corrected chi connectivity index (χ2v) is 7.61. The fraction of sp³-hybridized carbons (Fsp3) is 0.650. The molecule has 0 radical (unpaired) electrons. The Morgan fingerprint density at radius 2 is 2.00 bits per heavy atom. The molecule has 2 fully saturated rings. The third-order valence-corrected chi connectivity index (χ3v) is 5.78. The van der Waals surface area contributed by atoms with Crippen molar-refractivity contribution in [2.24, 2.45) is 0 Å². The molecule has 0 N–H and O–H groups in total. The van der Waals surface area contributed by atoms with E-state index in [1.165, 1.54) is 44.8 Å². The van der Waals surface area contributed by atoms with Crippen LogP contribution < -0.4 is 0 Å². The van der Waals surface area contributed by atoms with Gasteiger partial charge in [-0.2, -0.15) is 5.10 Å². The number of hydrogen-bond acceptors (Lipinski definition) is 6. The number of esters is 1. The van der Waals surface area contributed by atoms with Crippen molar-refractivity contribution in [1.82, 2.24) is 24.4 Å². The van der Waals surface area contributed by atoms with Crippen LogP contribution in [0, 0.1) is 0 Å². The quantitative estimate of drug-likeness (QED) is 0.752. The molecule has 1 aliphatic carbocycles. The van der Waals surface area contributed by atoms with Crippen molar-refractivity contribution in [3.8, 4) is 0 Å². The summed E-state index contributed by atoms with van der Waals surface area (Å²) in [5.41, 5.74) is 2.10. The average Bonchev–Trinajstić information content (AvgIpc) is 3.29. The molecule has 1 saturated heterocycles. The van der Waals surface area contributed by atoms with Gasteiger partial charge in [0.05, 0.1) is 12.8 Å². The summed E-state index contributed by atoms with van der Waals surface area (Å²) in [6.07, 6.45) is 12.1. The minimum absolute atomic E-state index is 0.348. The van der Waals surface area contributed by atoms with Gasteiger partial charge in [0.1, 0.15) is 5.56 Å². The highest BCUT2D eigenvalue weighted by Gasteiger charge is 2.24. The third-order valence-electron chi connectivity index (χ3n) is 5.78. The molecule has 2 aromatic heterocycles. The van der Waals surface area contributed by atoms with Crippen molar-refractivity contribution in [3.63, 3.8) is 0 Å². The SMILES string of the molecule is CCOC(=O)c1cnn2cc(CN3CCCN(C4CCCC4)CC3)cnc12. The van der Waals surface area contributed by atoms with E-state index in [0.29, 0.717) is 17.8 Å². The molecular formula is C20H29N5O2. The van der Waals surface area contributed by atoms with Crippen LogP contribution in [-0.2, 0) is 11.3 Å². The van der Waals surface area contributed by atoms with Gasteiger partial charge in [-0.15, -0.1) is 0 Å². The predicted molar refractivity (Wildman–Crippen MR) is 103 cm³/mol. The summed E-state index contributed by atoms with van der Waals surface area (Å²) >= 11 is 0. The van der Waals surface area contributed by atoms with Crippen molar-refractivity contribution in [2.75, 3.05) is 32.8 Å². The second kappa shape index (κ2) is 8.35. The molecule has 0 spiro atoms. The summed E-state index contributed by atoms with van der Waals surface area (Å²) in [4.78, 5) is 21.7. The first kappa shape index (κ1) is 18.4. The smallest absolute Gasteiger partial charge is 0.343 e. The highest BCUT2D eigenvalue weighted by Crippen LogP contribution is 2.24. The first-order chi connectivity index (χ1) is 13.2. The van der Waals surface area contributed by atoms with Gasteiger partial charge < -0.3 is 4.74 Å². The van der Waals surface area contributed by atoms with Crippen LogP contribution in [0.25, 0.3) is 5.65 Å². The van der Waals surface area contributed by atoms with Crippen molar-refractivity contribution in [1.29, 1.82) is 0 Å². The Balaban J connectivity index is 1.40. The molecule has 0 amide bonds. The molecular weight excluding hydrogens is 342 g/mol. The molecule has 2 aliphatic rings. The summed E-state index contributed by atoms with van der Waals surface area (Å²) in [5.74, 6) is -0.368. The molecule has 27 heavy (non-hydrogen) atoms. The first-order valence-electron chi connectivity index (χ1n) is 10.2. The molecule has 0 atom stereocenters. The minimum Gasteiger partial charge on any atom is -0.462 e. The van der Waals surface area contributed by atoms with Crippen LogP contribution in [0.5, 0.6) is 0 Å². The van der Waals surface area contributed by atoms with Crippen molar-refractivity contribution in [2.45, 2.75) is 51.6 Å². The number of carbonyl (C=O) groups excluding carboxylic acids is 1. The summed E-state index contributed by atoms with van der Waals surface area (Å²) in [6.45, 7) is 7.62. The summed E-state index contributed by atoms with van der Waals surface area (Å²) < 4.78 is 6.75. The van der Waals surface area contributed by atoms with Gasteiger partial charge in [-0.3, -0.25) is 9.80 Å².